The first-order chi connectivity index (χ1) is 7.92. The quantitative estimate of drug-likeness (QED) is 0.798. The number of hydrogen-bond donors (Lipinski definition) is 1. The third-order valence-electron chi connectivity index (χ3n) is 2.49. The van der Waals surface area contributed by atoms with Crippen LogP contribution in [0.25, 0.3) is 0 Å². The molecule has 3 nitrogen and oxygen atoms in total. The fraction of sp³-hybridized carbons (Fsp3) is 0.500. The molecule has 17 heavy (non-hydrogen) atoms. The Morgan fingerprint density at radius 3 is 2.41 bits per heavy atom. The molecule has 94 valence electrons. The maximum Gasteiger partial charge on any atom is 0.338 e. The van der Waals surface area contributed by atoms with Crippen LogP contribution in [0.5, 0.6) is 0 Å². The number of benzene rings is 1. The van der Waals surface area contributed by atoms with Gasteiger partial charge in [0, 0.05) is 12.0 Å². The molecule has 0 radical (unpaired) electrons. The summed E-state index contributed by atoms with van der Waals surface area (Å²) < 4.78 is 5.44. The zero-order valence-corrected chi connectivity index (χ0v) is 10.8. The molecule has 1 atom stereocenters. The number of nitrogens with two attached hydrogens (primary N) is 1. The van der Waals surface area contributed by atoms with E-state index in [-0.39, 0.29) is 17.6 Å². The van der Waals surface area contributed by atoms with E-state index in [1.54, 1.807) is 12.1 Å². The van der Waals surface area contributed by atoms with Crippen LogP contribution < -0.4 is 5.73 Å². The van der Waals surface area contributed by atoms with Gasteiger partial charge in [0.05, 0.1) is 5.56 Å². The van der Waals surface area contributed by atoms with E-state index in [0.717, 1.165) is 6.42 Å². The first-order valence-corrected chi connectivity index (χ1v) is 5.97. The van der Waals surface area contributed by atoms with Crippen LogP contribution in [0, 0.1) is 0 Å². The summed E-state index contributed by atoms with van der Waals surface area (Å²) in [6.07, 6.45) is 1.32. The minimum absolute atomic E-state index is 0.122. The van der Waals surface area contributed by atoms with Crippen LogP contribution in [0.2, 0.25) is 0 Å². The van der Waals surface area contributed by atoms with Gasteiger partial charge in [-0.05, 0) is 32.4 Å². The van der Waals surface area contributed by atoms with Crippen LogP contribution in [0.3, 0.4) is 0 Å². The smallest absolute Gasteiger partial charge is 0.338 e. The van der Waals surface area contributed by atoms with Crippen molar-refractivity contribution in [3.63, 3.8) is 0 Å². The van der Waals surface area contributed by atoms with Gasteiger partial charge in [-0.25, -0.2) is 4.79 Å². The number of carbonyl (C=O) groups is 1. The van der Waals surface area contributed by atoms with Crippen LogP contribution in [0.1, 0.15) is 44.0 Å². The highest BCUT2D eigenvalue weighted by Gasteiger charge is 2.21. The molecule has 1 aromatic carbocycles. The molecule has 1 rings (SSSR count). The maximum atomic E-state index is 11.8. The minimum atomic E-state index is -0.322. The van der Waals surface area contributed by atoms with E-state index in [1.807, 2.05) is 39.0 Å². The molecular formula is C14H21NO2. The van der Waals surface area contributed by atoms with Crippen LogP contribution in [0.15, 0.2) is 30.3 Å². The molecule has 1 unspecified atom stereocenters. The standard InChI is InChI=1S/C14H21NO2/c1-4-12(10-14(2,3)15)17-13(16)11-8-6-5-7-9-11/h5-9,12H,4,10,15H2,1-3H3. The van der Waals surface area contributed by atoms with E-state index in [4.69, 9.17) is 10.5 Å². The number of esters is 1. The predicted octanol–water partition coefficient (Wildman–Crippen LogP) is 2.75. The van der Waals surface area contributed by atoms with E-state index in [2.05, 4.69) is 0 Å². The number of carbonyl (C=O) groups excluding carboxylic acids is 1. The zero-order chi connectivity index (χ0) is 12.9. The molecule has 0 aliphatic heterocycles. The van der Waals surface area contributed by atoms with Crippen molar-refractivity contribution < 1.29 is 9.53 Å². The van der Waals surface area contributed by atoms with Gasteiger partial charge in [-0.1, -0.05) is 25.1 Å². The molecule has 0 aromatic heterocycles. The maximum absolute atomic E-state index is 11.8. The fourth-order valence-corrected chi connectivity index (χ4v) is 1.65. The van der Waals surface area contributed by atoms with Gasteiger partial charge in [0.25, 0.3) is 0 Å². The van der Waals surface area contributed by atoms with Crippen molar-refractivity contribution >= 4 is 5.97 Å². The van der Waals surface area contributed by atoms with Crippen LogP contribution >= 0.6 is 0 Å². The van der Waals surface area contributed by atoms with Crippen molar-refractivity contribution in [1.82, 2.24) is 0 Å². The van der Waals surface area contributed by atoms with Gasteiger partial charge in [0.1, 0.15) is 6.10 Å². The second-order valence-corrected chi connectivity index (χ2v) is 4.99. The van der Waals surface area contributed by atoms with Crippen molar-refractivity contribution in [3.8, 4) is 0 Å². The molecule has 0 amide bonds. The molecule has 0 aliphatic carbocycles. The molecule has 0 aliphatic rings. The van der Waals surface area contributed by atoms with Gasteiger partial charge in [0.15, 0.2) is 0 Å². The first-order valence-electron chi connectivity index (χ1n) is 5.97. The highest BCUT2D eigenvalue weighted by atomic mass is 16.5. The minimum Gasteiger partial charge on any atom is -0.459 e. The summed E-state index contributed by atoms with van der Waals surface area (Å²) in [7, 11) is 0. The molecule has 0 saturated carbocycles. The lowest BCUT2D eigenvalue weighted by Gasteiger charge is -2.25. The van der Waals surface area contributed by atoms with Crippen molar-refractivity contribution in [2.24, 2.45) is 5.73 Å². The topological polar surface area (TPSA) is 52.3 Å². The summed E-state index contributed by atoms with van der Waals surface area (Å²) in [5.41, 5.74) is 6.20. The van der Waals surface area contributed by atoms with E-state index < -0.39 is 0 Å². The van der Waals surface area contributed by atoms with Crippen LogP contribution in [-0.4, -0.2) is 17.6 Å². The Morgan fingerprint density at radius 2 is 1.94 bits per heavy atom. The first kappa shape index (κ1) is 13.7. The third kappa shape index (κ3) is 5.00. The van der Waals surface area contributed by atoms with Gasteiger partial charge in [-0.3, -0.25) is 0 Å². The van der Waals surface area contributed by atoms with Crippen molar-refractivity contribution in [3.05, 3.63) is 35.9 Å². The molecule has 0 heterocycles. The lowest BCUT2D eigenvalue weighted by atomic mass is 9.97. The Bertz CT molecular complexity index is 354. The second kappa shape index (κ2) is 5.82. The summed E-state index contributed by atoms with van der Waals surface area (Å²) in [6.45, 7) is 5.87. The number of rotatable bonds is 5. The molecule has 0 bridgehead atoms. The normalized spacial score (nSPS) is 13.2. The van der Waals surface area contributed by atoms with Gasteiger partial charge in [-0.15, -0.1) is 0 Å². The van der Waals surface area contributed by atoms with E-state index in [0.29, 0.717) is 12.0 Å². The van der Waals surface area contributed by atoms with Gasteiger partial charge < -0.3 is 10.5 Å². The Balaban J connectivity index is 2.60. The summed E-state index contributed by atoms with van der Waals surface area (Å²) in [6, 6.07) is 9.02. The molecular weight excluding hydrogens is 214 g/mol. The third-order valence-corrected chi connectivity index (χ3v) is 2.49. The van der Waals surface area contributed by atoms with Gasteiger partial charge in [0.2, 0.25) is 0 Å². The average molecular weight is 235 g/mol. The lowest BCUT2D eigenvalue weighted by molar-refractivity contribution is 0.0231. The molecule has 0 fully saturated rings. The molecule has 0 spiro atoms. The summed E-state index contributed by atoms with van der Waals surface area (Å²) >= 11 is 0. The molecule has 0 saturated heterocycles. The summed E-state index contributed by atoms with van der Waals surface area (Å²) in [4.78, 5) is 11.8. The predicted molar refractivity (Wildman–Crippen MR) is 68.8 cm³/mol. The van der Waals surface area contributed by atoms with E-state index in [9.17, 15) is 4.79 Å². The van der Waals surface area contributed by atoms with E-state index in [1.165, 1.54) is 0 Å². The van der Waals surface area contributed by atoms with Crippen molar-refractivity contribution in [1.29, 1.82) is 0 Å². The monoisotopic (exact) mass is 235 g/mol. The molecule has 2 N–H and O–H groups in total. The highest BCUT2D eigenvalue weighted by Crippen LogP contribution is 2.15. The van der Waals surface area contributed by atoms with Gasteiger partial charge >= 0.3 is 5.97 Å². The second-order valence-electron chi connectivity index (χ2n) is 4.99. The highest BCUT2D eigenvalue weighted by molar-refractivity contribution is 5.89. The average Bonchev–Trinajstić information content (AvgIpc) is 2.27. The van der Waals surface area contributed by atoms with Crippen molar-refractivity contribution in [2.45, 2.75) is 45.3 Å². The van der Waals surface area contributed by atoms with Crippen LogP contribution in [0.4, 0.5) is 0 Å². The van der Waals surface area contributed by atoms with Gasteiger partial charge in [-0.2, -0.15) is 0 Å². The molecule has 1 aromatic rings. The van der Waals surface area contributed by atoms with E-state index >= 15 is 0 Å². The summed E-state index contributed by atoms with van der Waals surface area (Å²) in [5.74, 6) is -0.276. The number of hydrogen-bond acceptors (Lipinski definition) is 3. The molecule has 3 heteroatoms. The largest absolute Gasteiger partial charge is 0.459 e. The Kier molecular flexibility index (Phi) is 4.70. The summed E-state index contributed by atoms with van der Waals surface area (Å²) in [5, 5.41) is 0. The Hall–Kier alpha value is -1.35. The number of ether oxygens (including phenoxy) is 1. The SMILES string of the molecule is CCC(CC(C)(C)N)OC(=O)c1ccccc1. The Morgan fingerprint density at radius 1 is 1.35 bits per heavy atom. The van der Waals surface area contributed by atoms with Crippen LogP contribution in [-0.2, 0) is 4.74 Å². The van der Waals surface area contributed by atoms with Crippen molar-refractivity contribution in [2.75, 3.05) is 0 Å². The lowest BCUT2D eigenvalue weighted by Crippen LogP contribution is -2.37. The zero-order valence-electron chi connectivity index (χ0n) is 10.8. The Labute approximate surface area is 103 Å². The fourth-order valence-electron chi connectivity index (χ4n) is 1.65.